The molecule has 1 fully saturated rings. The highest BCUT2D eigenvalue weighted by Gasteiger charge is 2.38. The number of carboxylic acids is 1. The van der Waals surface area contributed by atoms with Crippen LogP contribution in [-0.4, -0.2) is 62.9 Å². The Hall–Kier alpha value is -3.47. The second-order valence-corrected chi connectivity index (χ2v) is 8.76. The largest absolute Gasteiger partial charge is 0.490 e. The molecule has 0 unspecified atom stereocenters. The Morgan fingerprint density at radius 1 is 1.17 bits per heavy atom. The number of morpholine rings is 1. The number of nitrogens with zero attached hydrogens (tertiary/aromatic N) is 3. The molecule has 1 aliphatic rings. The van der Waals surface area contributed by atoms with Gasteiger partial charge in [0.1, 0.15) is 12.4 Å². The lowest BCUT2D eigenvalue weighted by molar-refractivity contribution is -0.192. The summed E-state index contributed by atoms with van der Waals surface area (Å²) in [7, 11) is 0. The standard InChI is InChI=1S/C22H24FN3O2.C2HF3O2/c1-15-10-16(4-5-18(15)23)17-11-20-19(24-12-17)6-7-25(20)13-21(27)26-8-9-28-22(2,3)14-26;3-2(4,5)1(6)7/h4-7,10-12H,8-9,13-14H2,1-3H3;(H,6,7). The highest BCUT2D eigenvalue weighted by atomic mass is 19.4. The number of aromatic nitrogens is 2. The Morgan fingerprint density at radius 3 is 2.46 bits per heavy atom. The summed E-state index contributed by atoms with van der Waals surface area (Å²) in [6.45, 7) is 7.75. The first-order valence-corrected chi connectivity index (χ1v) is 10.7. The van der Waals surface area contributed by atoms with Crippen LogP contribution in [0.3, 0.4) is 0 Å². The zero-order chi connectivity index (χ0) is 26.0. The van der Waals surface area contributed by atoms with Crippen LogP contribution in [0.1, 0.15) is 19.4 Å². The lowest BCUT2D eigenvalue weighted by atomic mass is 10.0. The molecular formula is C24H25F4N3O4. The first-order chi connectivity index (χ1) is 16.3. The van der Waals surface area contributed by atoms with E-state index in [-0.39, 0.29) is 23.9 Å². The first kappa shape index (κ1) is 26.1. The van der Waals surface area contributed by atoms with Gasteiger partial charge in [0.25, 0.3) is 0 Å². The van der Waals surface area contributed by atoms with Crippen LogP contribution in [0.15, 0.2) is 42.7 Å². The number of hydrogen-bond donors (Lipinski definition) is 1. The molecule has 7 nitrogen and oxygen atoms in total. The molecule has 0 atom stereocenters. The summed E-state index contributed by atoms with van der Waals surface area (Å²) in [6.07, 6.45) is -1.41. The zero-order valence-electron chi connectivity index (χ0n) is 19.4. The lowest BCUT2D eigenvalue weighted by Gasteiger charge is -2.38. The van der Waals surface area contributed by atoms with Crippen LogP contribution in [0.4, 0.5) is 17.6 Å². The SMILES string of the molecule is Cc1cc(-c2cnc3ccn(CC(=O)N4CCOC(C)(C)C4)c3c2)ccc1F.O=C(O)C(F)(F)F. The molecular weight excluding hydrogens is 470 g/mol. The van der Waals surface area contributed by atoms with Crippen molar-refractivity contribution in [3.05, 3.63) is 54.1 Å². The van der Waals surface area contributed by atoms with Crippen LogP contribution < -0.4 is 0 Å². The van der Waals surface area contributed by atoms with Gasteiger partial charge < -0.3 is 19.3 Å². The molecule has 0 radical (unpaired) electrons. The minimum Gasteiger partial charge on any atom is -0.475 e. The van der Waals surface area contributed by atoms with Crippen molar-refractivity contribution in [1.29, 1.82) is 0 Å². The number of alkyl halides is 3. The van der Waals surface area contributed by atoms with Gasteiger partial charge in [-0.3, -0.25) is 9.78 Å². The van der Waals surface area contributed by atoms with Gasteiger partial charge in [-0.2, -0.15) is 13.2 Å². The maximum Gasteiger partial charge on any atom is 0.490 e. The number of aryl methyl sites for hydroxylation is 1. The normalized spacial score (nSPS) is 15.5. The first-order valence-electron chi connectivity index (χ1n) is 10.7. The number of rotatable bonds is 3. The molecule has 0 saturated carbocycles. The number of benzene rings is 1. The van der Waals surface area contributed by atoms with Crippen molar-refractivity contribution in [1.82, 2.24) is 14.5 Å². The van der Waals surface area contributed by atoms with Crippen LogP contribution in [0, 0.1) is 12.7 Å². The van der Waals surface area contributed by atoms with Gasteiger partial charge in [-0.15, -0.1) is 0 Å². The molecule has 1 aromatic carbocycles. The molecule has 4 rings (SSSR count). The summed E-state index contributed by atoms with van der Waals surface area (Å²) in [5.41, 5.74) is 3.80. The van der Waals surface area contributed by atoms with Crippen LogP contribution in [0.5, 0.6) is 0 Å². The minimum atomic E-state index is -5.08. The predicted octanol–water partition coefficient (Wildman–Crippen LogP) is 4.42. The third-order valence-electron chi connectivity index (χ3n) is 5.44. The Balaban J connectivity index is 0.000000429. The molecule has 3 heterocycles. The molecule has 0 bridgehead atoms. The van der Waals surface area contributed by atoms with Gasteiger partial charge in [0.05, 0.1) is 23.2 Å². The quantitative estimate of drug-likeness (QED) is 0.544. The number of hydrogen-bond acceptors (Lipinski definition) is 4. The summed E-state index contributed by atoms with van der Waals surface area (Å²) in [5, 5.41) is 7.12. The molecule has 188 valence electrons. The number of carbonyl (C=O) groups is 2. The molecule has 3 aromatic rings. The molecule has 1 amide bonds. The van der Waals surface area contributed by atoms with Gasteiger partial charge in [-0.05, 0) is 56.2 Å². The average molecular weight is 495 g/mol. The van der Waals surface area contributed by atoms with E-state index in [1.54, 1.807) is 19.2 Å². The van der Waals surface area contributed by atoms with Crippen molar-refractivity contribution in [3.63, 3.8) is 0 Å². The van der Waals surface area contributed by atoms with E-state index in [0.717, 1.165) is 22.2 Å². The average Bonchev–Trinajstić information content (AvgIpc) is 3.16. The smallest absolute Gasteiger partial charge is 0.475 e. The fourth-order valence-electron chi connectivity index (χ4n) is 3.66. The summed E-state index contributed by atoms with van der Waals surface area (Å²) < 4.78 is 52.9. The topological polar surface area (TPSA) is 84.7 Å². The van der Waals surface area contributed by atoms with Crippen molar-refractivity contribution in [2.75, 3.05) is 19.7 Å². The van der Waals surface area contributed by atoms with Crippen molar-refractivity contribution >= 4 is 22.9 Å². The van der Waals surface area contributed by atoms with Gasteiger partial charge in [-0.1, -0.05) is 6.07 Å². The number of ether oxygens (including phenoxy) is 1. The molecule has 2 aromatic heterocycles. The monoisotopic (exact) mass is 495 g/mol. The van der Waals surface area contributed by atoms with Crippen LogP contribution >= 0.6 is 0 Å². The molecule has 11 heteroatoms. The number of aliphatic carboxylic acids is 1. The highest BCUT2D eigenvalue weighted by Crippen LogP contribution is 2.25. The van der Waals surface area contributed by atoms with E-state index in [2.05, 4.69) is 4.98 Å². The van der Waals surface area contributed by atoms with Gasteiger partial charge in [-0.25, -0.2) is 9.18 Å². The maximum absolute atomic E-state index is 13.6. The van der Waals surface area contributed by atoms with Gasteiger partial charge in [0.15, 0.2) is 0 Å². The fourth-order valence-corrected chi connectivity index (χ4v) is 3.66. The number of carbonyl (C=O) groups excluding carboxylic acids is 1. The summed E-state index contributed by atoms with van der Waals surface area (Å²) in [4.78, 5) is 28.1. The van der Waals surface area contributed by atoms with E-state index in [0.29, 0.717) is 25.3 Å². The Bertz CT molecular complexity index is 1240. The second kappa shape index (κ2) is 10.0. The van der Waals surface area contributed by atoms with Crippen LogP contribution in [-0.2, 0) is 20.9 Å². The van der Waals surface area contributed by atoms with Crippen molar-refractivity contribution in [2.24, 2.45) is 0 Å². The predicted molar refractivity (Wildman–Crippen MR) is 120 cm³/mol. The second-order valence-electron chi connectivity index (χ2n) is 8.76. The van der Waals surface area contributed by atoms with E-state index < -0.39 is 12.1 Å². The summed E-state index contributed by atoms with van der Waals surface area (Å²) >= 11 is 0. The van der Waals surface area contributed by atoms with Crippen molar-refractivity contribution < 1.29 is 37.0 Å². The minimum absolute atomic E-state index is 0.0666. The Labute approximate surface area is 198 Å². The third kappa shape index (κ3) is 6.56. The van der Waals surface area contributed by atoms with E-state index in [1.807, 2.05) is 47.7 Å². The van der Waals surface area contributed by atoms with E-state index in [4.69, 9.17) is 14.6 Å². The number of pyridine rings is 1. The summed E-state index contributed by atoms with van der Waals surface area (Å²) in [6, 6.07) is 8.95. The fraction of sp³-hybridized carbons (Fsp3) is 0.375. The maximum atomic E-state index is 13.6. The number of halogens is 4. The zero-order valence-corrected chi connectivity index (χ0v) is 19.4. The molecule has 0 aliphatic carbocycles. The molecule has 1 aliphatic heterocycles. The molecule has 1 N–H and O–H groups in total. The molecule has 0 spiro atoms. The molecule has 1 saturated heterocycles. The van der Waals surface area contributed by atoms with Crippen LogP contribution in [0.2, 0.25) is 0 Å². The van der Waals surface area contributed by atoms with Gasteiger partial charge in [0, 0.05) is 31.0 Å². The van der Waals surface area contributed by atoms with Gasteiger partial charge >= 0.3 is 12.1 Å². The van der Waals surface area contributed by atoms with Crippen LogP contribution in [0.25, 0.3) is 22.2 Å². The third-order valence-corrected chi connectivity index (χ3v) is 5.44. The molecule has 35 heavy (non-hydrogen) atoms. The van der Waals surface area contributed by atoms with Crippen molar-refractivity contribution in [3.8, 4) is 11.1 Å². The highest BCUT2D eigenvalue weighted by molar-refractivity contribution is 5.84. The van der Waals surface area contributed by atoms with Crippen molar-refractivity contribution in [2.45, 2.75) is 39.1 Å². The number of fused-ring (bicyclic) bond motifs is 1. The summed E-state index contributed by atoms with van der Waals surface area (Å²) in [5.74, 6) is -2.91. The Kier molecular flexibility index (Phi) is 7.49. The Morgan fingerprint density at radius 2 is 1.86 bits per heavy atom. The number of amides is 1. The number of carboxylic acid groups (broad SMARTS) is 1. The lowest BCUT2D eigenvalue weighted by Crippen LogP contribution is -2.51. The van der Waals surface area contributed by atoms with Gasteiger partial charge in [0.2, 0.25) is 5.91 Å². The van der Waals surface area contributed by atoms with E-state index >= 15 is 0 Å². The van der Waals surface area contributed by atoms with E-state index in [9.17, 15) is 22.4 Å². The van der Waals surface area contributed by atoms with E-state index in [1.165, 1.54) is 6.07 Å².